The van der Waals surface area contributed by atoms with E-state index in [1.165, 1.54) is 18.6 Å². The summed E-state index contributed by atoms with van der Waals surface area (Å²) in [5.74, 6) is -0.661. The molecule has 1 unspecified atom stereocenters. The minimum atomic E-state index is -0.369. The predicted octanol–water partition coefficient (Wildman–Crippen LogP) is 4.77. The third-order valence-corrected chi connectivity index (χ3v) is 5.16. The molecule has 4 rings (SSSR count). The molecule has 144 valence electrons. The fraction of sp³-hybridized carbons (Fsp3) is 0.318. The van der Waals surface area contributed by atoms with Gasteiger partial charge in [0, 0.05) is 18.2 Å². The molecule has 1 aliphatic heterocycles. The third-order valence-electron chi connectivity index (χ3n) is 5.16. The molecule has 0 saturated carbocycles. The number of nitrogens with zero attached hydrogens (tertiary/aromatic N) is 3. The Morgan fingerprint density at radius 3 is 2.79 bits per heavy atom. The first kappa shape index (κ1) is 18.5. The Morgan fingerprint density at radius 1 is 1.18 bits per heavy atom. The van der Waals surface area contributed by atoms with E-state index in [0.29, 0.717) is 22.3 Å². The number of aromatic nitrogens is 2. The number of hydrogen-bond donors (Lipinski definition) is 0. The van der Waals surface area contributed by atoms with Crippen LogP contribution in [0.25, 0.3) is 22.3 Å². The van der Waals surface area contributed by atoms with Crippen molar-refractivity contribution in [1.82, 2.24) is 15.0 Å². The van der Waals surface area contributed by atoms with Crippen molar-refractivity contribution in [3.8, 4) is 11.3 Å². The second kappa shape index (κ2) is 8.02. The van der Waals surface area contributed by atoms with E-state index in [-0.39, 0.29) is 17.8 Å². The quantitative estimate of drug-likeness (QED) is 0.653. The molecule has 2 heterocycles. The Bertz CT molecular complexity index is 991. The molecule has 2 aromatic carbocycles. The van der Waals surface area contributed by atoms with Crippen LogP contribution in [0.4, 0.5) is 4.39 Å². The number of carbonyl (C=O) groups excluding carboxylic acids is 1. The van der Waals surface area contributed by atoms with E-state index in [2.05, 4.69) is 16.9 Å². The number of benzene rings is 2. The normalized spacial score (nSPS) is 17.6. The summed E-state index contributed by atoms with van der Waals surface area (Å²) in [6, 6.07) is 11.6. The second-order valence-corrected chi connectivity index (χ2v) is 7.04. The van der Waals surface area contributed by atoms with Gasteiger partial charge in [0.15, 0.2) is 0 Å². The Labute approximate surface area is 163 Å². The standard InChI is InChI=1S/C22H22FN3O2/c1-2-18-5-3-4-12-26(18)28-22(27)16-8-11-19-20(13-16)24-14-21(25-19)15-6-9-17(23)10-7-15/h6-11,13-14,18H,2-5,12H2,1H3. The highest BCUT2D eigenvalue weighted by Gasteiger charge is 2.25. The van der Waals surface area contributed by atoms with Crippen LogP contribution in [0.5, 0.6) is 0 Å². The van der Waals surface area contributed by atoms with Gasteiger partial charge in [-0.15, -0.1) is 5.06 Å². The molecule has 1 atom stereocenters. The Kier molecular flexibility index (Phi) is 5.30. The molecule has 1 aliphatic rings. The van der Waals surface area contributed by atoms with Gasteiger partial charge < -0.3 is 4.84 Å². The van der Waals surface area contributed by atoms with Crippen molar-refractivity contribution in [3.05, 3.63) is 60.0 Å². The molecule has 0 spiro atoms. The van der Waals surface area contributed by atoms with Gasteiger partial charge in [-0.05, 0) is 61.7 Å². The van der Waals surface area contributed by atoms with E-state index in [9.17, 15) is 9.18 Å². The van der Waals surface area contributed by atoms with Gasteiger partial charge in [0.1, 0.15) is 5.82 Å². The molecule has 1 aromatic heterocycles. The largest absolute Gasteiger partial charge is 0.364 e. The Balaban J connectivity index is 1.55. The van der Waals surface area contributed by atoms with E-state index < -0.39 is 0 Å². The molecular weight excluding hydrogens is 357 g/mol. The van der Waals surface area contributed by atoms with Crippen LogP contribution in [0.2, 0.25) is 0 Å². The lowest BCUT2D eigenvalue weighted by Crippen LogP contribution is -2.40. The van der Waals surface area contributed by atoms with Crippen molar-refractivity contribution in [1.29, 1.82) is 0 Å². The number of rotatable bonds is 4. The van der Waals surface area contributed by atoms with Gasteiger partial charge in [-0.2, -0.15) is 0 Å². The molecule has 0 bridgehead atoms. The third kappa shape index (κ3) is 3.87. The van der Waals surface area contributed by atoms with Crippen molar-refractivity contribution in [2.75, 3.05) is 6.54 Å². The molecule has 1 fully saturated rings. The molecule has 0 N–H and O–H groups in total. The zero-order valence-electron chi connectivity index (χ0n) is 15.8. The summed E-state index contributed by atoms with van der Waals surface area (Å²) in [4.78, 5) is 27.2. The monoisotopic (exact) mass is 379 g/mol. The SMILES string of the molecule is CCC1CCCCN1OC(=O)c1ccc2nc(-c3ccc(F)cc3)cnc2c1. The van der Waals surface area contributed by atoms with Crippen molar-refractivity contribution in [2.24, 2.45) is 0 Å². The lowest BCUT2D eigenvalue weighted by atomic mass is 10.0. The van der Waals surface area contributed by atoms with Gasteiger partial charge in [0.2, 0.25) is 0 Å². The maximum Gasteiger partial charge on any atom is 0.357 e. The highest BCUT2D eigenvalue weighted by molar-refractivity contribution is 5.93. The number of hydroxylamine groups is 2. The lowest BCUT2D eigenvalue weighted by molar-refractivity contribution is -0.151. The molecule has 6 heteroatoms. The summed E-state index contributed by atoms with van der Waals surface area (Å²) in [7, 11) is 0. The number of piperidine rings is 1. The minimum absolute atomic E-state index is 0.288. The van der Waals surface area contributed by atoms with Crippen molar-refractivity contribution >= 4 is 17.0 Å². The zero-order valence-corrected chi connectivity index (χ0v) is 15.8. The zero-order chi connectivity index (χ0) is 19.5. The van der Waals surface area contributed by atoms with Crippen LogP contribution >= 0.6 is 0 Å². The second-order valence-electron chi connectivity index (χ2n) is 7.04. The summed E-state index contributed by atoms with van der Waals surface area (Å²) in [5.41, 5.74) is 3.18. The number of halogens is 1. The fourth-order valence-electron chi connectivity index (χ4n) is 3.56. The van der Waals surface area contributed by atoms with Gasteiger partial charge in [-0.25, -0.2) is 14.2 Å². The topological polar surface area (TPSA) is 55.3 Å². The predicted molar refractivity (Wildman–Crippen MR) is 105 cm³/mol. The van der Waals surface area contributed by atoms with E-state index in [1.54, 1.807) is 36.5 Å². The first-order chi connectivity index (χ1) is 13.6. The van der Waals surface area contributed by atoms with Crippen molar-refractivity contribution < 1.29 is 14.0 Å². The smallest absolute Gasteiger partial charge is 0.357 e. The molecule has 0 amide bonds. The van der Waals surface area contributed by atoms with Crippen molar-refractivity contribution in [3.63, 3.8) is 0 Å². The number of fused-ring (bicyclic) bond motifs is 1. The maximum absolute atomic E-state index is 13.1. The summed E-state index contributed by atoms with van der Waals surface area (Å²) < 4.78 is 13.1. The van der Waals surface area contributed by atoms with Crippen LogP contribution in [-0.4, -0.2) is 33.6 Å². The first-order valence-electron chi connectivity index (χ1n) is 9.65. The lowest BCUT2D eigenvalue weighted by Gasteiger charge is -2.33. The van der Waals surface area contributed by atoms with Crippen molar-refractivity contribution in [2.45, 2.75) is 38.6 Å². The Hall–Kier alpha value is -2.86. The Morgan fingerprint density at radius 2 is 2.00 bits per heavy atom. The number of carbonyl (C=O) groups is 1. The summed E-state index contributed by atoms with van der Waals surface area (Å²) in [5, 5.41) is 1.82. The molecule has 0 aliphatic carbocycles. The van der Waals surface area contributed by atoms with E-state index in [4.69, 9.17) is 4.84 Å². The molecule has 1 saturated heterocycles. The highest BCUT2D eigenvalue weighted by Crippen LogP contribution is 2.23. The van der Waals surface area contributed by atoms with E-state index in [0.717, 1.165) is 31.4 Å². The number of hydrogen-bond acceptors (Lipinski definition) is 5. The van der Waals surface area contributed by atoms with Crippen LogP contribution < -0.4 is 0 Å². The summed E-state index contributed by atoms with van der Waals surface area (Å²) >= 11 is 0. The van der Waals surface area contributed by atoms with Crippen LogP contribution in [0.1, 0.15) is 43.0 Å². The van der Waals surface area contributed by atoms with Gasteiger partial charge in [0.05, 0.1) is 28.5 Å². The van der Waals surface area contributed by atoms with Gasteiger partial charge in [-0.1, -0.05) is 13.3 Å². The van der Waals surface area contributed by atoms with Gasteiger partial charge in [-0.3, -0.25) is 4.98 Å². The average molecular weight is 379 g/mol. The maximum atomic E-state index is 13.1. The van der Waals surface area contributed by atoms with E-state index >= 15 is 0 Å². The fourth-order valence-corrected chi connectivity index (χ4v) is 3.56. The van der Waals surface area contributed by atoms with Crippen LogP contribution in [-0.2, 0) is 4.84 Å². The van der Waals surface area contributed by atoms with Gasteiger partial charge >= 0.3 is 5.97 Å². The van der Waals surface area contributed by atoms with Crippen LogP contribution in [0.3, 0.4) is 0 Å². The average Bonchev–Trinajstić information content (AvgIpc) is 2.74. The summed E-state index contributed by atoms with van der Waals surface area (Å²) in [6.45, 7) is 2.89. The first-order valence-corrected chi connectivity index (χ1v) is 9.65. The summed E-state index contributed by atoms with van der Waals surface area (Å²) in [6.07, 6.45) is 5.86. The highest BCUT2D eigenvalue weighted by atomic mass is 19.1. The molecule has 28 heavy (non-hydrogen) atoms. The minimum Gasteiger partial charge on any atom is -0.364 e. The van der Waals surface area contributed by atoms with Crippen LogP contribution in [0, 0.1) is 5.82 Å². The van der Waals surface area contributed by atoms with E-state index in [1.807, 2.05) is 5.06 Å². The molecule has 0 radical (unpaired) electrons. The molecule has 5 nitrogen and oxygen atoms in total. The van der Waals surface area contributed by atoms with Crippen LogP contribution in [0.15, 0.2) is 48.7 Å². The molecule has 3 aromatic rings. The van der Waals surface area contributed by atoms with Gasteiger partial charge in [0.25, 0.3) is 0 Å². The molecular formula is C22H22FN3O2.